The third-order valence-corrected chi connectivity index (χ3v) is 4.42. The SMILES string of the molecule is CCC(C)C(=O)OC(CC(C)(O)C(F)(F)F)C1CCCC1. The summed E-state index contributed by atoms with van der Waals surface area (Å²) in [4.78, 5) is 11.9. The van der Waals surface area contributed by atoms with E-state index in [0.717, 1.165) is 32.6 Å². The second-order valence-electron chi connectivity index (χ2n) is 6.30. The van der Waals surface area contributed by atoms with Crippen LogP contribution >= 0.6 is 0 Å². The Morgan fingerprint density at radius 1 is 1.33 bits per heavy atom. The van der Waals surface area contributed by atoms with Crippen LogP contribution in [0.15, 0.2) is 0 Å². The van der Waals surface area contributed by atoms with E-state index in [1.165, 1.54) is 0 Å². The van der Waals surface area contributed by atoms with Crippen molar-refractivity contribution in [3.8, 4) is 0 Å². The van der Waals surface area contributed by atoms with Crippen molar-refractivity contribution in [3.05, 3.63) is 0 Å². The van der Waals surface area contributed by atoms with E-state index in [1.807, 2.05) is 6.92 Å². The maximum Gasteiger partial charge on any atom is 0.417 e. The van der Waals surface area contributed by atoms with Crippen molar-refractivity contribution < 1.29 is 27.8 Å². The van der Waals surface area contributed by atoms with Crippen LogP contribution in [0, 0.1) is 11.8 Å². The third kappa shape index (κ3) is 4.87. The Balaban J connectivity index is 2.80. The average molecular weight is 310 g/mol. The number of carbonyl (C=O) groups is 1. The van der Waals surface area contributed by atoms with Gasteiger partial charge in [0.25, 0.3) is 0 Å². The molecule has 6 heteroatoms. The van der Waals surface area contributed by atoms with Crippen molar-refractivity contribution in [1.29, 1.82) is 0 Å². The first-order valence-electron chi connectivity index (χ1n) is 7.58. The normalized spacial score (nSPS) is 22.6. The molecule has 3 unspecified atom stereocenters. The third-order valence-electron chi connectivity index (χ3n) is 4.42. The highest BCUT2D eigenvalue weighted by molar-refractivity contribution is 5.72. The van der Waals surface area contributed by atoms with Crippen molar-refractivity contribution in [2.75, 3.05) is 0 Å². The second kappa shape index (κ2) is 6.99. The van der Waals surface area contributed by atoms with E-state index in [9.17, 15) is 23.1 Å². The highest BCUT2D eigenvalue weighted by atomic mass is 19.4. The van der Waals surface area contributed by atoms with Crippen LogP contribution in [0.4, 0.5) is 13.2 Å². The van der Waals surface area contributed by atoms with E-state index in [2.05, 4.69) is 0 Å². The maximum atomic E-state index is 12.9. The Morgan fingerprint density at radius 2 is 1.86 bits per heavy atom. The largest absolute Gasteiger partial charge is 0.462 e. The number of esters is 1. The van der Waals surface area contributed by atoms with Crippen molar-refractivity contribution in [2.24, 2.45) is 11.8 Å². The molecule has 0 aromatic rings. The lowest BCUT2D eigenvalue weighted by Gasteiger charge is -2.33. The van der Waals surface area contributed by atoms with E-state index in [0.29, 0.717) is 6.42 Å². The van der Waals surface area contributed by atoms with Gasteiger partial charge in [-0.05, 0) is 32.1 Å². The molecule has 1 N–H and O–H groups in total. The molecule has 124 valence electrons. The van der Waals surface area contributed by atoms with Gasteiger partial charge in [-0.2, -0.15) is 13.2 Å². The van der Waals surface area contributed by atoms with E-state index in [1.54, 1.807) is 6.92 Å². The molecule has 0 bridgehead atoms. The number of halogens is 3. The van der Waals surface area contributed by atoms with Gasteiger partial charge in [-0.15, -0.1) is 0 Å². The molecule has 0 aromatic carbocycles. The van der Waals surface area contributed by atoms with Crippen molar-refractivity contribution in [3.63, 3.8) is 0 Å². The molecule has 1 rings (SSSR count). The molecule has 0 amide bonds. The summed E-state index contributed by atoms with van der Waals surface area (Å²) in [6, 6.07) is 0. The molecule has 3 atom stereocenters. The van der Waals surface area contributed by atoms with Gasteiger partial charge in [0.2, 0.25) is 0 Å². The number of ether oxygens (including phenoxy) is 1. The molecular weight excluding hydrogens is 285 g/mol. The number of carbonyl (C=O) groups excluding carboxylic acids is 1. The van der Waals surface area contributed by atoms with Crippen LogP contribution in [-0.4, -0.2) is 29.0 Å². The highest BCUT2D eigenvalue weighted by Gasteiger charge is 2.52. The summed E-state index contributed by atoms with van der Waals surface area (Å²) in [5.74, 6) is -0.913. The molecule has 1 aliphatic carbocycles. The topological polar surface area (TPSA) is 46.5 Å². The lowest BCUT2D eigenvalue weighted by Crippen LogP contribution is -2.47. The molecule has 0 aliphatic heterocycles. The van der Waals surface area contributed by atoms with Crippen molar-refractivity contribution in [1.82, 2.24) is 0 Å². The van der Waals surface area contributed by atoms with Gasteiger partial charge in [0.15, 0.2) is 5.60 Å². The predicted octanol–water partition coefficient (Wildman–Crippen LogP) is 3.84. The number of hydrogen-bond donors (Lipinski definition) is 1. The summed E-state index contributed by atoms with van der Waals surface area (Å²) in [5.41, 5.74) is -2.84. The van der Waals surface area contributed by atoms with Gasteiger partial charge in [-0.1, -0.05) is 26.7 Å². The van der Waals surface area contributed by atoms with Crippen LogP contribution in [0.3, 0.4) is 0 Å². The zero-order chi connectivity index (χ0) is 16.3. The van der Waals surface area contributed by atoms with Crippen molar-refractivity contribution >= 4 is 5.97 Å². The van der Waals surface area contributed by atoms with Gasteiger partial charge < -0.3 is 9.84 Å². The quantitative estimate of drug-likeness (QED) is 0.758. The summed E-state index contributed by atoms with van der Waals surface area (Å²) >= 11 is 0. The first-order valence-corrected chi connectivity index (χ1v) is 7.58. The summed E-state index contributed by atoms with van der Waals surface area (Å²) in [5, 5.41) is 9.67. The van der Waals surface area contributed by atoms with E-state index < -0.39 is 30.3 Å². The lowest BCUT2D eigenvalue weighted by atomic mass is 9.89. The molecule has 1 saturated carbocycles. The van der Waals surface area contributed by atoms with Gasteiger partial charge in [0.1, 0.15) is 6.10 Å². The summed E-state index contributed by atoms with van der Waals surface area (Å²) in [7, 11) is 0. The van der Waals surface area contributed by atoms with Gasteiger partial charge in [0, 0.05) is 6.42 Å². The fraction of sp³-hybridized carbons (Fsp3) is 0.933. The zero-order valence-corrected chi connectivity index (χ0v) is 12.9. The molecule has 1 aliphatic rings. The van der Waals surface area contributed by atoms with Gasteiger partial charge in [-0.25, -0.2) is 0 Å². The molecule has 1 fully saturated rings. The van der Waals surface area contributed by atoms with Crippen LogP contribution in [0.1, 0.15) is 59.3 Å². The Hall–Kier alpha value is -0.780. The highest BCUT2D eigenvalue weighted by Crippen LogP contribution is 2.39. The van der Waals surface area contributed by atoms with Crippen LogP contribution in [0.5, 0.6) is 0 Å². The number of hydrogen-bond acceptors (Lipinski definition) is 3. The molecule has 21 heavy (non-hydrogen) atoms. The molecule has 0 heterocycles. The zero-order valence-electron chi connectivity index (χ0n) is 12.9. The molecule has 3 nitrogen and oxygen atoms in total. The second-order valence-corrected chi connectivity index (χ2v) is 6.30. The van der Waals surface area contributed by atoms with Gasteiger partial charge >= 0.3 is 12.1 Å². The maximum absolute atomic E-state index is 12.9. The summed E-state index contributed by atoms with van der Waals surface area (Å²) in [6.07, 6.45) is -2.28. The monoisotopic (exact) mass is 310 g/mol. The summed E-state index contributed by atoms with van der Waals surface area (Å²) in [6.45, 7) is 4.25. The first kappa shape index (κ1) is 18.3. The molecule has 0 spiro atoms. The van der Waals surface area contributed by atoms with E-state index in [-0.39, 0.29) is 11.8 Å². The first-order chi connectivity index (χ1) is 9.58. The number of alkyl halides is 3. The Bertz CT molecular complexity index is 347. The Labute approximate surface area is 123 Å². The minimum absolute atomic E-state index is 0.0909. The number of aliphatic hydroxyl groups is 1. The fourth-order valence-electron chi connectivity index (χ4n) is 2.57. The average Bonchev–Trinajstić information content (AvgIpc) is 2.89. The fourth-order valence-corrected chi connectivity index (χ4v) is 2.57. The van der Waals surface area contributed by atoms with Crippen molar-refractivity contribution in [2.45, 2.75) is 77.2 Å². The standard InChI is InChI=1S/C15H25F3O3/c1-4-10(2)13(19)21-12(11-7-5-6-8-11)9-14(3,20)15(16,17)18/h10-12,20H,4-9H2,1-3H3. The minimum Gasteiger partial charge on any atom is -0.462 e. The van der Waals surface area contributed by atoms with Crippen LogP contribution in [-0.2, 0) is 9.53 Å². The Kier molecular flexibility index (Phi) is 6.08. The van der Waals surface area contributed by atoms with Gasteiger partial charge in [0.05, 0.1) is 5.92 Å². The minimum atomic E-state index is -4.73. The predicted molar refractivity (Wildman–Crippen MR) is 72.6 cm³/mol. The van der Waals surface area contributed by atoms with Crippen LogP contribution in [0.2, 0.25) is 0 Å². The van der Waals surface area contributed by atoms with E-state index >= 15 is 0 Å². The van der Waals surface area contributed by atoms with Crippen LogP contribution < -0.4 is 0 Å². The molecule has 0 aromatic heterocycles. The molecular formula is C15H25F3O3. The number of rotatable bonds is 6. The summed E-state index contributed by atoms with van der Waals surface area (Å²) < 4.78 is 43.9. The van der Waals surface area contributed by atoms with Gasteiger partial charge in [-0.3, -0.25) is 4.79 Å². The molecule has 0 saturated heterocycles. The lowest BCUT2D eigenvalue weighted by molar-refractivity contribution is -0.263. The Morgan fingerprint density at radius 3 is 2.29 bits per heavy atom. The smallest absolute Gasteiger partial charge is 0.417 e. The molecule has 0 radical (unpaired) electrons. The van der Waals surface area contributed by atoms with Crippen LogP contribution in [0.25, 0.3) is 0 Å². The van der Waals surface area contributed by atoms with E-state index in [4.69, 9.17) is 4.74 Å².